The Balaban J connectivity index is 1.69. The van der Waals surface area contributed by atoms with Gasteiger partial charge < -0.3 is 14.6 Å². The molecule has 3 rings (SSSR count). The number of benzene rings is 1. The topological polar surface area (TPSA) is 79.6 Å². The van der Waals surface area contributed by atoms with E-state index in [-0.39, 0.29) is 29.9 Å². The second-order valence-corrected chi connectivity index (χ2v) is 5.90. The Morgan fingerprint density at radius 3 is 2.71 bits per heavy atom. The second kappa shape index (κ2) is 6.31. The van der Waals surface area contributed by atoms with Gasteiger partial charge in [0.25, 0.3) is 11.8 Å². The molecule has 24 heavy (non-hydrogen) atoms. The van der Waals surface area contributed by atoms with E-state index in [0.29, 0.717) is 29.7 Å². The van der Waals surface area contributed by atoms with E-state index >= 15 is 0 Å². The first-order valence-electron chi connectivity index (χ1n) is 7.71. The maximum Gasteiger partial charge on any atom is 0.289 e. The smallest absolute Gasteiger partial charge is 0.289 e. The van der Waals surface area contributed by atoms with Gasteiger partial charge in [-0.05, 0) is 30.2 Å². The number of nitrogens with zero attached hydrogens (tertiary/aromatic N) is 1. The molecule has 1 aliphatic rings. The van der Waals surface area contributed by atoms with Crippen molar-refractivity contribution in [3.05, 3.63) is 58.5 Å². The normalized spacial score (nSPS) is 12.8. The number of amides is 2. The molecule has 1 N–H and O–H groups in total. The Bertz CT molecular complexity index is 820. The van der Waals surface area contributed by atoms with E-state index in [1.165, 1.54) is 4.90 Å². The van der Waals surface area contributed by atoms with Gasteiger partial charge in [-0.2, -0.15) is 0 Å². The van der Waals surface area contributed by atoms with Crippen LogP contribution in [-0.4, -0.2) is 36.6 Å². The number of carbonyl (C=O) groups excluding carboxylic acids is 3. The number of hydrogen-bond acceptors (Lipinski definition) is 4. The molecule has 1 aliphatic carbocycles. The molecule has 2 amide bonds. The summed E-state index contributed by atoms with van der Waals surface area (Å²) < 4.78 is 5.44. The average Bonchev–Trinajstić information content (AvgIpc) is 3.19. The number of rotatable bonds is 4. The number of carbonyl (C=O) groups is 3. The fraction of sp³-hybridized carbons (Fsp3) is 0.278. The monoisotopic (exact) mass is 326 g/mol. The molecule has 1 aromatic carbocycles. The molecule has 0 bridgehead atoms. The van der Waals surface area contributed by atoms with Gasteiger partial charge in [-0.3, -0.25) is 14.4 Å². The van der Waals surface area contributed by atoms with Crippen molar-refractivity contribution in [2.45, 2.75) is 19.4 Å². The van der Waals surface area contributed by atoms with Crippen molar-refractivity contribution in [3.8, 4) is 0 Å². The number of fused-ring (bicyclic) bond motifs is 1. The van der Waals surface area contributed by atoms with Crippen molar-refractivity contribution < 1.29 is 18.8 Å². The van der Waals surface area contributed by atoms with E-state index in [2.05, 4.69) is 5.32 Å². The van der Waals surface area contributed by atoms with Crippen molar-refractivity contribution in [1.29, 1.82) is 0 Å². The van der Waals surface area contributed by atoms with Crippen LogP contribution in [0.5, 0.6) is 0 Å². The van der Waals surface area contributed by atoms with E-state index in [9.17, 15) is 14.4 Å². The largest absolute Gasteiger partial charge is 0.454 e. The zero-order chi connectivity index (χ0) is 17.3. The summed E-state index contributed by atoms with van der Waals surface area (Å²) in [6.45, 7) is 0.178. The van der Waals surface area contributed by atoms with Crippen molar-refractivity contribution in [1.82, 2.24) is 10.2 Å². The predicted octanol–water partition coefficient (Wildman–Crippen LogP) is 2.04. The van der Waals surface area contributed by atoms with E-state index in [1.54, 1.807) is 44.4 Å². The number of nitrogens with one attached hydrogen (secondary N) is 1. The van der Waals surface area contributed by atoms with Gasteiger partial charge >= 0.3 is 0 Å². The molecule has 6 heteroatoms. The van der Waals surface area contributed by atoms with Crippen LogP contribution in [-0.2, 0) is 13.0 Å². The molecule has 6 nitrogen and oxygen atoms in total. The highest BCUT2D eigenvalue weighted by Gasteiger charge is 2.24. The van der Waals surface area contributed by atoms with E-state index < -0.39 is 0 Å². The fourth-order valence-corrected chi connectivity index (χ4v) is 2.77. The summed E-state index contributed by atoms with van der Waals surface area (Å²) in [4.78, 5) is 37.4. The quantitative estimate of drug-likeness (QED) is 0.932. The van der Waals surface area contributed by atoms with E-state index in [1.807, 2.05) is 0 Å². The van der Waals surface area contributed by atoms with Crippen LogP contribution in [0.3, 0.4) is 0 Å². The lowest BCUT2D eigenvalue weighted by Crippen LogP contribution is -2.24. The molecule has 0 aliphatic heterocycles. The molecule has 0 fully saturated rings. The molecule has 0 radical (unpaired) electrons. The molecule has 1 aromatic heterocycles. The van der Waals surface area contributed by atoms with Crippen LogP contribution in [0, 0.1) is 0 Å². The minimum Gasteiger partial charge on any atom is -0.454 e. The van der Waals surface area contributed by atoms with Crippen LogP contribution in [0.15, 0.2) is 34.7 Å². The Hall–Kier alpha value is -2.89. The van der Waals surface area contributed by atoms with E-state index in [0.717, 1.165) is 5.56 Å². The molecule has 0 atom stereocenters. The first kappa shape index (κ1) is 16.0. The van der Waals surface area contributed by atoms with Crippen molar-refractivity contribution in [2.75, 3.05) is 14.1 Å². The predicted molar refractivity (Wildman–Crippen MR) is 87.0 cm³/mol. The lowest BCUT2D eigenvalue weighted by atomic mass is 10.0. The third-order valence-corrected chi connectivity index (χ3v) is 4.02. The van der Waals surface area contributed by atoms with Gasteiger partial charge in [0, 0.05) is 31.6 Å². The zero-order valence-electron chi connectivity index (χ0n) is 13.6. The summed E-state index contributed by atoms with van der Waals surface area (Å²) in [5, 5.41) is 2.77. The number of furan rings is 1. The van der Waals surface area contributed by atoms with Gasteiger partial charge in [-0.1, -0.05) is 12.1 Å². The minimum absolute atomic E-state index is 0.0810. The highest BCUT2D eigenvalue weighted by Crippen LogP contribution is 2.25. The van der Waals surface area contributed by atoms with Crippen LogP contribution in [0.4, 0.5) is 0 Å². The highest BCUT2D eigenvalue weighted by atomic mass is 16.4. The molecule has 124 valence electrons. The zero-order valence-corrected chi connectivity index (χ0v) is 13.6. The maximum absolute atomic E-state index is 12.4. The first-order valence-corrected chi connectivity index (χ1v) is 7.71. The molecule has 2 aromatic rings. The standard InChI is InChI=1S/C18H18N2O4/c1-20(2)18(23)16-9-6-11(24-16)10-19-17(22)14-5-3-4-13-12(14)7-8-15(13)21/h3-6,9H,7-8,10H2,1-2H3,(H,19,22). The molecular weight excluding hydrogens is 308 g/mol. The molecule has 0 saturated heterocycles. The lowest BCUT2D eigenvalue weighted by Gasteiger charge is -2.08. The summed E-state index contributed by atoms with van der Waals surface area (Å²) in [6.07, 6.45) is 1.05. The summed E-state index contributed by atoms with van der Waals surface area (Å²) in [5.74, 6) is 0.329. The second-order valence-electron chi connectivity index (χ2n) is 5.90. The Morgan fingerprint density at radius 1 is 1.17 bits per heavy atom. The third-order valence-electron chi connectivity index (χ3n) is 4.02. The van der Waals surface area contributed by atoms with Gasteiger partial charge in [-0.15, -0.1) is 0 Å². The Labute approximate surface area is 139 Å². The number of ketones is 1. The van der Waals surface area contributed by atoms with Gasteiger partial charge in [0.2, 0.25) is 0 Å². The molecular formula is C18H18N2O4. The van der Waals surface area contributed by atoms with Gasteiger partial charge in [0.05, 0.1) is 6.54 Å². The molecule has 0 unspecified atom stereocenters. The van der Waals surface area contributed by atoms with Crippen molar-refractivity contribution >= 4 is 17.6 Å². The van der Waals surface area contributed by atoms with Crippen LogP contribution in [0.2, 0.25) is 0 Å². The Kier molecular flexibility index (Phi) is 4.20. The van der Waals surface area contributed by atoms with Crippen LogP contribution in [0.1, 0.15) is 49.0 Å². The van der Waals surface area contributed by atoms with Crippen LogP contribution >= 0.6 is 0 Å². The van der Waals surface area contributed by atoms with Crippen LogP contribution < -0.4 is 5.32 Å². The lowest BCUT2D eigenvalue weighted by molar-refractivity contribution is 0.0794. The minimum atomic E-state index is -0.251. The van der Waals surface area contributed by atoms with Crippen molar-refractivity contribution in [2.24, 2.45) is 0 Å². The first-order chi connectivity index (χ1) is 11.5. The average molecular weight is 326 g/mol. The SMILES string of the molecule is CN(C)C(=O)c1ccc(CNC(=O)c2cccc3c2CCC3=O)o1. The van der Waals surface area contributed by atoms with Gasteiger partial charge in [0.1, 0.15) is 5.76 Å². The van der Waals surface area contributed by atoms with Crippen LogP contribution in [0.25, 0.3) is 0 Å². The summed E-state index contributed by atoms with van der Waals surface area (Å²) in [5.41, 5.74) is 1.97. The van der Waals surface area contributed by atoms with E-state index in [4.69, 9.17) is 4.42 Å². The summed E-state index contributed by atoms with van der Waals surface area (Å²) in [7, 11) is 3.28. The van der Waals surface area contributed by atoms with Gasteiger partial charge in [-0.25, -0.2) is 0 Å². The highest BCUT2D eigenvalue weighted by molar-refractivity contribution is 6.05. The maximum atomic E-state index is 12.4. The fourth-order valence-electron chi connectivity index (χ4n) is 2.77. The van der Waals surface area contributed by atoms with Crippen molar-refractivity contribution in [3.63, 3.8) is 0 Å². The molecule has 0 spiro atoms. The number of hydrogen-bond donors (Lipinski definition) is 1. The van der Waals surface area contributed by atoms with Gasteiger partial charge in [0.15, 0.2) is 11.5 Å². The number of Topliss-reactive ketones (excluding diaryl/α,β-unsaturated/α-hetero) is 1. The Morgan fingerprint density at radius 2 is 1.96 bits per heavy atom. The summed E-state index contributed by atoms with van der Waals surface area (Å²) >= 11 is 0. The third kappa shape index (κ3) is 2.95. The molecule has 1 heterocycles. The summed E-state index contributed by atoms with van der Waals surface area (Å²) in [6, 6.07) is 8.44. The molecule has 0 saturated carbocycles.